The molecule has 2 aliphatic heterocycles. The van der Waals surface area contributed by atoms with Crippen molar-refractivity contribution in [3.8, 4) is 0 Å². The van der Waals surface area contributed by atoms with E-state index in [2.05, 4.69) is 28.9 Å². The molecule has 2 rings (SSSR count). The average Bonchev–Trinajstić information content (AvgIpc) is 2.71. The van der Waals surface area contributed by atoms with E-state index < -0.39 is 0 Å². The van der Waals surface area contributed by atoms with Crippen LogP contribution < -0.4 is 5.32 Å². The number of hydrogen-bond acceptors (Lipinski definition) is 3. The predicted octanol–water partition coefficient (Wildman–Crippen LogP) is 1.81. The van der Waals surface area contributed by atoms with E-state index >= 15 is 0 Å². The van der Waals surface area contributed by atoms with Crippen LogP contribution in [0.1, 0.15) is 26.2 Å². The minimum atomic E-state index is 0.762. The topological polar surface area (TPSA) is 15.3 Å². The predicted molar refractivity (Wildman–Crippen MR) is 68.6 cm³/mol. The van der Waals surface area contributed by atoms with Gasteiger partial charge in [0.25, 0.3) is 0 Å². The summed E-state index contributed by atoms with van der Waals surface area (Å²) in [5, 5.41) is 3.59. The second-order valence-corrected chi connectivity index (χ2v) is 6.04. The van der Waals surface area contributed by atoms with Crippen molar-refractivity contribution in [1.29, 1.82) is 0 Å². The van der Waals surface area contributed by atoms with Crippen LogP contribution in [0.25, 0.3) is 0 Å². The zero-order valence-electron chi connectivity index (χ0n) is 9.87. The van der Waals surface area contributed by atoms with Gasteiger partial charge in [-0.3, -0.25) is 0 Å². The molecule has 0 aromatic rings. The van der Waals surface area contributed by atoms with Crippen LogP contribution in [-0.2, 0) is 0 Å². The van der Waals surface area contributed by atoms with E-state index in [9.17, 15) is 0 Å². The zero-order chi connectivity index (χ0) is 10.5. The van der Waals surface area contributed by atoms with Crippen LogP contribution in [0.5, 0.6) is 0 Å². The Hall–Kier alpha value is 0.270. The van der Waals surface area contributed by atoms with Crippen LogP contribution in [0, 0.1) is 5.92 Å². The summed E-state index contributed by atoms with van der Waals surface area (Å²) in [6.45, 7) is 7.32. The normalized spacial score (nSPS) is 33.4. The molecule has 0 saturated carbocycles. The molecule has 2 saturated heterocycles. The molecule has 0 spiro atoms. The van der Waals surface area contributed by atoms with E-state index in [-0.39, 0.29) is 0 Å². The zero-order valence-corrected chi connectivity index (χ0v) is 10.7. The Morgan fingerprint density at radius 1 is 1.40 bits per heavy atom. The van der Waals surface area contributed by atoms with Crippen LogP contribution in [0.15, 0.2) is 0 Å². The van der Waals surface area contributed by atoms with E-state index in [4.69, 9.17) is 0 Å². The van der Waals surface area contributed by atoms with Crippen LogP contribution in [0.3, 0.4) is 0 Å². The fourth-order valence-electron chi connectivity index (χ4n) is 2.77. The van der Waals surface area contributed by atoms with E-state index in [1.165, 1.54) is 50.4 Å². The fraction of sp³-hybridized carbons (Fsp3) is 1.00. The number of likely N-dealkylation sites (N-methyl/N-ethyl adjacent to an activating group) is 1. The van der Waals surface area contributed by atoms with Crippen LogP contribution in [0.2, 0.25) is 0 Å². The third-order valence-corrected chi connectivity index (χ3v) is 4.77. The number of hydrogen-bond donors (Lipinski definition) is 1. The first-order chi connectivity index (χ1) is 7.38. The second-order valence-electron chi connectivity index (χ2n) is 4.89. The molecule has 2 fully saturated rings. The minimum Gasteiger partial charge on any atom is -0.313 e. The molecule has 0 amide bonds. The Bertz CT molecular complexity index is 178. The summed E-state index contributed by atoms with van der Waals surface area (Å²) in [6.07, 6.45) is 4.22. The number of thioether (sulfide) groups is 1. The molecular formula is C12H24N2S. The number of nitrogens with one attached hydrogen (secondary N) is 1. The maximum Gasteiger partial charge on any atom is 0.0195 e. The lowest BCUT2D eigenvalue weighted by Gasteiger charge is -2.34. The van der Waals surface area contributed by atoms with Gasteiger partial charge in [-0.05, 0) is 49.8 Å². The number of rotatable bonds is 4. The van der Waals surface area contributed by atoms with Gasteiger partial charge in [-0.2, -0.15) is 11.8 Å². The summed E-state index contributed by atoms with van der Waals surface area (Å²) in [6, 6.07) is 0.762. The lowest BCUT2D eigenvalue weighted by molar-refractivity contribution is 0.172. The monoisotopic (exact) mass is 228 g/mol. The highest BCUT2D eigenvalue weighted by atomic mass is 32.2. The average molecular weight is 228 g/mol. The molecule has 2 aliphatic rings. The van der Waals surface area contributed by atoms with Crippen molar-refractivity contribution >= 4 is 11.8 Å². The Morgan fingerprint density at radius 2 is 2.33 bits per heavy atom. The summed E-state index contributed by atoms with van der Waals surface area (Å²) in [4.78, 5) is 2.69. The van der Waals surface area contributed by atoms with Gasteiger partial charge < -0.3 is 10.2 Å². The van der Waals surface area contributed by atoms with Gasteiger partial charge in [0.1, 0.15) is 0 Å². The van der Waals surface area contributed by atoms with Gasteiger partial charge in [-0.25, -0.2) is 0 Å². The van der Waals surface area contributed by atoms with Crippen molar-refractivity contribution in [3.63, 3.8) is 0 Å². The SMILES string of the molecule is CCNC1CCCN(CC2CCSC2)C1. The molecule has 0 radical (unpaired) electrons. The summed E-state index contributed by atoms with van der Waals surface area (Å²) >= 11 is 2.14. The number of piperidine rings is 1. The largest absolute Gasteiger partial charge is 0.313 e. The van der Waals surface area contributed by atoms with Crippen molar-refractivity contribution in [2.24, 2.45) is 5.92 Å². The van der Waals surface area contributed by atoms with Crippen molar-refractivity contribution in [3.05, 3.63) is 0 Å². The van der Waals surface area contributed by atoms with Crippen molar-refractivity contribution in [2.45, 2.75) is 32.2 Å². The quantitative estimate of drug-likeness (QED) is 0.790. The van der Waals surface area contributed by atoms with Crippen LogP contribution >= 0.6 is 11.8 Å². The first kappa shape index (κ1) is 11.7. The third-order valence-electron chi connectivity index (χ3n) is 3.54. The molecule has 1 N–H and O–H groups in total. The summed E-state index contributed by atoms with van der Waals surface area (Å²) in [5.74, 6) is 3.78. The Morgan fingerprint density at radius 3 is 3.07 bits per heavy atom. The molecule has 2 unspecified atom stereocenters. The molecule has 2 atom stereocenters. The van der Waals surface area contributed by atoms with Gasteiger partial charge in [-0.1, -0.05) is 6.92 Å². The molecule has 0 aliphatic carbocycles. The van der Waals surface area contributed by atoms with E-state index in [0.717, 1.165) is 18.5 Å². The first-order valence-electron chi connectivity index (χ1n) is 6.42. The fourth-order valence-corrected chi connectivity index (χ4v) is 4.04. The molecule has 0 aromatic heterocycles. The highest BCUT2D eigenvalue weighted by Crippen LogP contribution is 2.25. The molecule has 88 valence electrons. The molecule has 0 aromatic carbocycles. The highest BCUT2D eigenvalue weighted by Gasteiger charge is 2.23. The Labute approximate surface area is 98.2 Å². The summed E-state index contributed by atoms with van der Waals surface area (Å²) in [7, 11) is 0. The molecule has 3 heteroatoms. The van der Waals surface area contributed by atoms with Crippen molar-refractivity contribution in [2.75, 3.05) is 37.7 Å². The molecule has 0 bridgehead atoms. The van der Waals surface area contributed by atoms with E-state index in [1.54, 1.807) is 0 Å². The van der Waals surface area contributed by atoms with Gasteiger partial charge in [0, 0.05) is 19.1 Å². The second kappa shape index (κ2) is 6.12. The maximum atomic E-state index is 3.59. The Balaban J connectivity index is 1.71. The molecule has 15 heavy (non-hydrogen) atoms. The molecule has 2 heterocycles. The minimum absolute atomic E-state index is 0.762. The standard InChI is InChI=1S/C12H24N2S/c1-2-13-12-4-3-6-14(9-12)8-11-5-7-15-10-11/h11-13H,2-10H2,1H3. The number of nitrogens with zero attached hydrogens (tertiary/aromatic N) is 1. The third kappa shape index (κ3) is 3.65. The van der Waals surface area contributed by atoms with Crippen molar-refractivity contribution in [1.82, 2.24) is 10.2 Å². The first-order valence-corrected chi connectivity index (χ1v) is 7.57. The van der Waals surface area contributed by atoms with Crippen LogP contribution in [-0.4, -0.2) is 48.6 Å². The van der Waals surface area contributed by atoms with Crippen LogP contribution in [0.4, 0.5) is 0 Å². The smallest absolute Gasteiger partial charge is 0.0195 e. The molecule has 2 nitrogen and oxygen atoms in total. The van der Waals surface area contributed by atoms with E-state index in [0.29, 0.717) is 0 Å². The Kier molecular flexibility index (Phi) is 4.79. The maximum absolute atomic E-state index is 3.59. The van der Waals surface area contributed by atoms with Gasteiger partial charge in [0.05, 0.1) is 0 Å². The van der Waals surface area contributed by atoms with Crippen molar-refractivity contribution < 1.29 is 0 Å². The van der Waals surface area contributed by atoms with E-state index in [1.807, 2.05) is 0 Å². The number of likely N-dealkylation sites (tertiary alicyclic amines) is 1. The lowest BCUT2D eigenvalue weighted by atomic mass is 10.0. The summed E-state index contributed by atoms with van der Waals surface area (Å²) in [5.41, 5.74) is 0. The molecular weight excluding hydrogens is 204 g/mol. The summed E-state index contributed by atoms with van der Waals surface area (Å²) < 4.78 is 0. The van der Waals surface area contributed by atoms with Gasteiger partial charge in [-0.15, -0.1) is 0 Å². The van der Waals surface area contributed by atoms with Gasteiger partial charge >= 0.3 is 0 Å². The highest BCUT2D eigenvalue weighted by molar-refractivity contribution is 7.99. The van der Waals surface area contributed by atoms with Gasteiger partial charge in [0.15, 0.2) is 0 Å². The lowest BCUT2D eigenvalue weighted by Crippen LogP contribution is -2.47. The van der Waals surface area contributed by atoms with Gasteiger partial charge in [0.2, 0.25) is 0 Å².